The molecule has 102 valence electrons. The summed E-state index contributed by atoms with van der Waals surface area (Å²) in [6.07, 6.45) is 5.11. The van der Waals surface area contributed by atoms with Crippen molar-refractivity contribution in [3.8, 4) is 6.07 Å². The smallest absolute Gasteiger partial charge is 0.0944 e. The van der Waals surface area contributed by atoms with Crippen molar-refractivity contribution in [2.24, 2.45) is 0 Å². The molecule has 2 heteroatoms. The fourth-order valence-electron chi connectivity index (χ4n) is 2.32. The molecule has 0 amide bonds. The Balaban J connectivity index is 2.76. The second kappa shape index (κ2) is 6.99. The molecule has 0 aromatic carbocycles. The lowest BCUT2D eigenvalue weighted by Crippen LogP contribution is -2.30. The van der Waals surface area contributed by atoms with Gasteiger partial charge in [-0.05, 0) is 43.9 Å². The van der Waals surface area contributed by atoms with Gasteiger partial charge in [-0.1, -0.05) is 32.1 Å². The minimum Gasteiger partial charge on any atom is -0.367 e. The third kappa shape index (κ3) is 4.13. The molecule has 0 bridgehead atoms. The van der Waals surface area contributed by atoms with Crippen molar-refractivity contribution in [3.05, 3.63) is 47.2 Å². The molecule has 1 heterocycles. The Morgan fingerprint density at radius 2 is 2.16 bits per heavy atom. The van der Waals surface area contributed by atoms with E-state index in [1.54, 1.807) is 0 Å². The van der Waals surface area contributed by atoms with Crippen molar-refractivity contribution in [3.63, 3.8) is 0 Å². The first-order valence-electron chi connectivity index (χ1n) is 6.88. The summed E-state index contributed by atoms with van der Waals surface area (Å²) in [4.78, 5) is 2.30. The van der Waals surface area contributed by atoms with Gasteiger partial charge in [-0.3, -0.25) is 0 Å². The standard InChI is InChI=1S/C17H24N2/c1-6-7-14(3)16(5)19-9-8-17(15(4)12-19)10-13(2)11-18/h10H,3,5-9,12H2,1-2,4H3/b13-10+. The van der Waals surface area contributed by atoms with Crippen molar-refractivity contribution in [2.75, 3.05) is 13.1 Å². The predicted molar refractivity (Wildman–Crippen MR) is 81.4 cm³/mol. The Labute approximate surface area is 117 Å². The van der Waals surface area contributed by atoms with E-state index in [9.17, 15) is 0 Å². The van der Waals surface area contributed by atoms with E-state index in [0.29, 0.717) is 0 Å². The van der Waals surface area contributed by atoms with E-state index < -0.39 is 0 Å². The highest BCUT2D eigenvalue weighted by atomic mass is 15.1. The molecule has 0 aliphatic carbocycles. The zero-order valence-corrected chi connectivity index (χ0v) is 12.4. The van der Waals surface area contributed by atoms with Gasteiger partial charge in [-0.15, -0.1) is 0 Å². The van der Waals surface area contributed by atoms with Crippen LogP contribution >= 0.6 is 0 Å². The maximum absolute atomic E-state index is 8.85. The lowest BCUT2D eigenvalue weighted by Gasteiger charge is -2.33. The van der Waals surface area contributed by atoms with Crippen LogP contribution in [0.15, 0.2) is 47.2 Å². The van der Waals surface area contributed by atoms with Crippen molar-refractivity contribution >= 4 is 0 Å². The molecular weight excluding hydrogens is 232 g/mol. The van der Waals surface area contributed by atoms with Gasteiger partial charge in [-0.2, -0.15) is 5.26 Å². The highest BCUT2D eigenvalue weighted by Gasteiger charge is 2.17. The highest BCUT2D eigenvalue weighted by Crippen LogP contribution is 2.25. The third-order valence-electron chi connectivity index (χ3n) is 3.54. The van der Waals surface area contributed by atoms with Crippen LogP contribution < -0.4 is 0 Å². The summed E-state index contributed by atoms with van der Waals surface area (Å²) in [5.74, 6) is 0. The SMILES string of the molecule is C=C(CCC)C(=C)N1CCC(/C=C(\C)C#N)=C(C)C1. The molecule has 0 aromatic heterocycles. The third-order valence-corrected chi connectivity index (χ3v) is 3.54. The Morgan fingerprint density at radius 1 is 1.47 bits per heavy atom. The fraction of sp³-hybridized carbons (Fsp3) is 0.471. The molecule has 0 fully saturated rings. The summed E-state index contributed by atoms with van der Waals surface area (Å²) in [7, 11) is 0. The van der Waals surface area contributed by atoms with Gasteiger partial charge in [0.25, 0.3) is 0 Å². The van der Waals surface area contributed by atoms with E-state index in [1.807, 2.05) is 13.0 Å². The van der Waals surface area contributed by atoms with Crippen LogP contribution in [0.1, 0.15) is 40.0 Å². The van der Waals surface area contributed by atoms with Gasteiger partial charge >= 0.3 is 0 Å². The molecule has 0 unspecified atom stereocenters. The van der Waals surface area contributed by atoms with E-state index in [4.69, 9.17) is 5.26 Å². The first kappa shape index (κ1) is 15.3. The first-order chi connectivity index (χ1) is 8.99. The number of nitrogens with zero attached hydrogens (tertiary/aromatic N) is 2. The summed E-state index contributed by atoms with van der Waals surface area (Å²) >= 11 is 0. The van der Waals surface area contributed by atoms with Crippen molar-refractivity contribution in [1.29, 1.82) is 5.26 Å². The molecule has 0 aromatic rings. The van der Waals surface area contributed by atoms with E-state index in [1.165, 1.54) is 11.1 Å². The van der Waals surface area contributed by atoms with E-state index in [2.05, 4.69) is 38.0 Å². The summed E-state index contributed by atoms with van der Waals surface area (Å²) in [6.45, 7) is 16.3. The normalized spacial score (nSPS) is 16.3. The van der Waals surface area contributed by atoms with Gasteiger partial charge < -0.3 is 4.90 Å². The molecule has 0 N–H and O–H groups in total. The first-order valence-corrected chi connectivity index (χ1v) is 6.88. The second-order valence-electron chi connectivity index (χ2n) is 5.22. The van der Waals surface area contributed by atoms with Gasteiger partial charge in [0.05, 0.1) is 6.07 Å². The maximum Gasteiger partial charge on any atom is 0.0944 e. The van der Waals surface area contributed by atoms with Crippen LogP contribution in [0.4, 0.5) is 0 Å². The number of rotatable bonds is 5. The zero-order chi connectivity index (χ0) is 14.4. The summed E-state index contributed by atoms with van der Waals surface area (Å²) in [6, 6.07) is 2.18. The van der Waals surface area contributed by atoms with Gasteiger partial charge in [0.2, 0.25) is 0 Å². The second-order valence-corrected chi connectivity index (χ2v) is 5.22. The van der Waals surface area contributed by atoms with Crippen LogP contribution in [-0.4, -0.2) is 18.0 Å². The molecule has 1 aliphatic heterocycles. The number of hydrogen-bond donors (Lipinski definition) is 0. The van der Waals surface area contributed by atoms with Crippen LogP contribution in [0.3, 0.4) is 0 Å². The summed E-state index contributed by atoms with van der Waals surface area (Å²) in [5, 5.41) is 8.85. The number of nitriles is 1. The molecule has 19 heavy (non-hydrogen) atoms. The van der Waals surface area contributed by atoms with Crippen LogP contribution in [0.2, 0.25) is 0 Å². The zero-order valence-electron chi connectivity index (χ0n) is 12.4. The van der Waals surface area contributed by atoms with Crippen LogP contribution in [0, 0.1) is 11.3 Å². The Morgan fingerprint density at radius 3 is 2.68 bits per heavy atom. The Hall–Kier alpha value is -1.75. The monoisotopic (exact) mass is 256 g/mol. The molecule has 2 nitrogen and oxygen atoms in total. The van der Waals surface area contributed by atoms with Gasteiger partial charge in [0.1, 0.15) is 0 Å². The minimum absolute atomic E-state index is 0.775. The maximum atomic E-state index is 8.85. The molecule has 0 saturated heterocycles. The summed E-state index contributed by atoms with van der Waals surface area (Å²) in [5.41, 5.74) is 5.61. The molecular formula is C17H24N2. The number of allylic oxidation sites excluding steroid dienone is 3. The van der Waals surface area contributed by atoms with Gasteiger partial charge in [0.15, 0.2) is 0 Å². The van der Waals surface area contributed by atoms with Crippen LogP contribution in [-0.2, 0) is 0 Å². The molecule has 1 aliphatic rings. The van der Waals surface area contributed by atoms with Gasteiger partial charge in [-0.25, -0.2) is 0 Å². The lowest BCUT2D eigenvalue weighted by molar-refractivity contribution is 0.364. The highest BCUT2D eigenvalue weighted by molar-refractivity contribution is 5.36. The molecule has 0 radical (unpaired) electrons. The van der Waals surface area contributed by atoms with Crippen molar-refractivity contribution < 1.29 is 0 Å². The largest absolute Gasteiger partial charge is 0.367 e. The van der Waals surface area contributed by atoms with E-state index in [0.717, 1.165) is 49.2 Å². The van der Waals surface area contributed by atoms with Gasteiger partial charge in [0, 0.05) is 24.4 Å². The van der Waals surface area contributed by atoms with Crippen LogP contribution in [0.25, 0.3) is 0 Å². The lowest BCUT2D eigenvalue weighted by atomic mass is 9.97. The average Bonchev–Trinajstić information content (AvgIpc) is 2.40. The topological polar surface area (TPSA) is 27.0 Å². The Kier molecular flexibility index (Phi) is 5.63. The molecule has 1 rings (SSSR count). The minimum atomic E-state index is 0.775. The van der Waals surface area contributed by atoms with E-state index >= 15 is 0 Å². The molecule has 0 saturated carbocycles. The molecule has 0 atom stereocenters. The quantitative estimate of drug-likeness (QED) is 0.540. The summed E-state index contributed by atoms with van der Waals surface area (Å²) < 4.78 is 0. The number of hydrogen-bond acceptors (Lipinski definition) is 2. The van der Waals surface area contributed by atoms with Crippen molar-refractivity contribution in [2.45, 2.75) is 40.0 Å². The van der Waals surface area contributed by atoms with Crippen molar-refractivity contribution in [1.82, 2.24) is 4.90 Å². The predicted octanol–water partition coefficient (Wildman–Crippen LogP) is 4.35. The average molecular weight is 256 g/mol. The fourth-order valence-corrected chi connectivity index (χ4v) is 2.32. The van der Waals surface area contributed by atoms with E-state index in [-0.39, 0.29) is 0 Å². The van der Waals surface area contributed by atoms with Crippen LogP contribution in [0.5, 0.6) is 0 Å². The molecule has 0 spiro atoms. The Bertz CT molecular complexity index is 472.